The summed E-state index contributed by atoms with van der Waals surface area (Å²) >= 11 is 0. The third-order valence-corrected chi connectivity index (χ3v) is 4.36. The summed E-state index contributed by atoms with van der Waals surface area (Å²) in [5.74, 6) is 0.0181. The van der Waals surface area contributed by atoms with Crippen LogP contribution >= 0.6 is 0 Å². The fourth-order valence-corrected chi connectivity index (χ4v) is 3.32. The molecule has 0 saturated carbocycles. The molecule has 6 nitrogen and oxygen atoms in total. The van der Waals surface area contributed by atoms with Gasteiger partial charge in [0.1, 0.15) is 6.10 Å². The number of rotatable bonds is 7. The maximum Gasteiger partial charge on any atom is 0.249 e. The van der Waals surface area contributed by atoms with Crippen LogP contribution in [0, 0.1) is 0 Å². The van der Waals surface area contributed by atoms with Crippen molar-refractivity contribution in [1.29, 1.82) is 0 Å². The number of hydrogen-bond acceptors (Lipinski definition) is 5. The molecule has 2 aliphatic heterocycles. The van der Waals surface area contributed by atoms with Crippen molar-refractivity contribution >= 4 is 5.91 Å². The highest BCUT2D eigenvalue weighted by molar-refractivity contribution is 5.80. The minimum atomic E-state index is -0.297. The lowest BCUT2D eigenvalue weighted by Gasteiger charge is -2.35. The van der Waals surface area contributed by atoms with Gasteiger partial charge in [-0.05, 0) is 46.1 Å². The van der Waals surface area contributed by atoms with Gasteiger partial charge >= 0.3 is 0 Å². The number of morpholine rings is 1. The summed E-state index contributed by atoms with van der Waals surface area (Å²) in [7, 11) is 0. The lowest BCUT2D eigenvalue weighted by atomic mass is 10.2. The summed E-state index contributed by atoms with van der Waals surface area (Å²) in [4.78, 5) is 14.4. The third-order valence-electron chi connectivity index (χ3n) is 4.36. The summed E-state index contributed by atoms with van der Waals surface area (Å²) < 4.78 is 11.3. The van der Waals surface area contributed by atoms with Crippen molar-refractivity contribution in [3.63, 3.8) is 0 Å². The number of nitrogens with two attached hydrogens (primary N) is 1. The molecule has 128 valence electrons. The molecule has 22 heavy (non-hydrogen) atoms. The van der Waals surface area contributed by atoms with Crippen molar-refractivity contribution in [3.8, 4) is 0 Å². The maximum absolute atomic E-state index is 12.0. The Morgan fingerprint density at radius 2 is 1.91 bits per heavy atom. The Labute approximate surface area is 133 Å². The Morgan fingerprint density at radius 3 is 2.55 bits per heavy atom. The van der Waals surface area contributed by atoms with E-state index in [2.05, 4.69) is 24.1 Å². The first-order chi connectivity index (χ1) is 10.6. The van der Waals surface area contributed by atoms with Gasteiger partial charge in [0.25, 0.3) is 0 Å². The van der Waals surface area contributed by atoms with Crippen LogP contribution in [0.2, 0.25) is 0 Å². The number of carbonyl (C=O) groups excluding carboxylic acids is 1. The van der Waals surface area contributed by atoms with Crippen LogP contribution in [0.15, 0.2) is 0 Å². The topological polar surface area (TPSA) is 76.8 Å². The molecule has 0 aliphatic carbocycles. The van der Waals surface area contributed by atoms with Gasteiger partial charge < -0.3 is 20.5 Å². The van der Waals surface area contributed by atoms with Crippen molar-refractivity contribution in [3.05, 3.63) is 0 Å². The monoisotopic (exact) mass is 313 g/mol. The van der Waals surface area contributed by atoms with Crippen molar-refractivity contribution < 1.29 is 14.3 Å². The molecule has 2 rings (SSSR count). The van der Waals surface area contributed by atoms with E-state index in [-0.39, 0.29) is 18.1 Å². The second kappa shape index (κ2) is 8.82. The van der Waals surface area contributed by atoms with Crippen molar-refractivity contribution in [2.24, 2.45) is 5.73 Å². The highest BCUT2D eigenvalue weighted by Crippen LogP contribution is 2.18. The molecule has 2 fully saturated rings. The standard InChI is InChI=1S/C16H31N3O3/c1-12-10-19(11-13(2)21-12)8-4-3-7-18-16(20)15-6-5-14(9-17)22-15/h12-15H,3-11,17H2,1-2H3,(H,18,20)/t12?,13?,14-,15+/m1/s1. The molecule has 0 spiro atoms. The first-order valence-electron chi connectivity index (χ1n) is 8.59. The molecule has 2 heterocycles. The molecule has 6 heteroatoms. The Morgan fingerprint density at radius 1 is 1.18 bits per heavy atom. The summed E-state index contributed by atoms with van der Waals surface area (Å²) in [5.41, 5.74) is 5.56. The van der Waals surface area contributed by atoms with Crippen LogP contribution in [-0.2, 0) is 14.3 Å². The summed E-state index contributed by atoms with van der Waals surface area (Å²) in [6.07, 6.45) is 4.17. The van der Waals surface area contributed by atoms with E-state index in [4.69, 9.17) is 15.2 Å². The zero-order chi connectivity index (χ0) is 15.9. The van der Waals surface area contributed by atoms with Gasteiger partial charge in [-0.1, -0.05) is 0 Å². The highest BCUT2D eigenvalue weighted by Gasteiger charge is 2.29. The number of unbranched alkanes of at least 4 members (excludes halogenated alkanes) is 1. The van der Waals surface area contributed by atoms with Crippen molar-refractivity contribution in [1.82, 2.24) is 10.2 Å². The van der Waals surface area contributed by atoms with E-state index in [1.807, 2.05) is 0 Å². The number of hydrogen-bond donors (Lipinski definition) is 2. The minimum Gasteiger partial charge on any atom is -0.373 e. The summed E-state index contributed by atoms with van der Waals surface area (Å²) in [5, 5.41) is 2.98. The first-order valence-corrected chi connectivity index (χ1v) is 8.59. The van der Waals surface area contributed by atoms with E-state index in [1.165, 1.54) is 0 Å². The molecule has 2 aliphatic rings. The van der Waals surface area contributed by atoms with Crippen LogP contribution in [0.5, 0.6) is 0 Å². The molecule has 0 aromatic rings. The van der Waals surface area contributed by atoms with Crippen LogP contribution in [0.25, 0.3) is 0 Å². The van der Waals surface area contributed by atoms with E-state index >= 15 is 0 Å². The van der Waals surface area contributed by atoms with Gasteiger partial charge in [-0.2, -0.15) is 0 Å². The fraction of sp³-hybridized carbons (Fsp3) is 0.938. The molecule has 0 aromatic heterocycles. The van der Waals surface area contributed by atoms with Gasteiger partial charge in [-0.3, -0.25) is 9.69 Å². The smallest absolute Gasteiger partial charge is 0.249 e. The molecule has 2 saturated heterocycles. The minimum absolute atomic E-state index is 0.0181. The van der Waals surface area contributed by atoms with E-state index in [0.717, 1.165) is 51.9 Å². The molecule has 2 unspecified atom stereocenters. The lowest BCUT2D eigenvalue weighted by Crippen LogP contribution is -2.45. The van der Waals surface area contributed by atoms with Gasteiger partial charge in [0.05, 0.1) is 18.3 Å². The summed E-state index contributed by atoms with van der Waals surface area (Å²) in [6.45, 7) is 8.56. The first kappa shape index (κ1) is 17.7. The third kappa shape index (κ3) is 5.50. The molecule has 3 N–H and O–H groups in total. The Bertz CT molecular complexity index is 344. The van der Waals surface area contributed by atoms with Crippen LogP contribution in [0.1, 0.15) is 39.5 Å². The molecule has 1 amide bonds. The normalized spacial score (nSPS) is 33.0. The van der Waals surface area contributed by atoms with E-state index in [1.54, 1.807) is 0 Å². The van der Waals surface area contributed by atoms with Crippen molar-refractivity contribution in [2.75, 3.05) is 32.7 Å². The van der Waals surface area contributed by atoms with Crippen LogP contribution < -0.4 is 11.1 Å². The zero-order valence-electron chi connectivity index (χ0n) is 13.9. The molecule has 0 radical (unpaired) electrons. The van der Waals surface area contributed by atoms with E-state index in [9.17, 15) is 4.79 Å². The summed E-state index contributed by atoms with van der Waals surface area (Å²) in [6, 6.07) is 0. The Kier molecular flexibility index (Phi) is 7.08. The lowest BCUT2D eigenvalue weighted by molar-refractivity contribution is -0.131. The molecule has 0 bridgehead atoms. The van der Waals surface area contributed by atoms with E-state index < -0.39 is 0 Å². The maximum atomic E-state index is 12.0. The number of nitrogens with zero attached hydrogens (tertiary/aromatic N) is 1. The highest BCUT2D eigenvalue weighted by atomic mass is 16.5. The molecular weight excluding hydrogens is 282 g/mol. The Hall–Kier alpha value is -0.690. The predicted molar refractivity (Wildman–Crippen MR) is 85.6 cm³/mol. The van der Waals surface area contributed by atoms with Gasteiger partial charge in [-0.15, -0.1) is 0 Å². The second-order valence-corrected chi connectivity index (χ2v) is 6.57. The van der Waals surface area contributed by atoms with Gasteiger partial charge in [0.2, 0.25) is 5.91 Å². The number of ether oxygens (including phenoxy) is 2. The van der Waals surface area contributed by atoms with Gasteiger partial charge in [0, 0.05) is 26.2 Å². The SMILES string of the molecule is CC1CN(CCCCNC(=O)[C@@H]2CC[C@H](CN)O2)CC(C)O1. The average Bonchev–Trinajstić information content (AvgIpc) is 2.94. The number of nitrogens with one attached hydrogen (secondary N) is 1. The number of amides is 1. The average molecular weight is 313 g/mol. The van der Waals surface area contributed by atoms with E-state index in [0.29, 0.717) is 18.8 Å². The Balaban J connectivity index is 1.53. The van der Waals surface area contributed by atoms with Crippen LogP contribution in [0.3, 0.4) is 0 Å². The quantitative estimate of drug-likeness (QED) is 0.669. The van der Waals surface area contributed by atoms with Crippen molar-refractivity contribution in [2.45, 2.75) is 63.9 Å². The molecular formula is C16H31N3O3. The van der Waals surface area contributed by atoms with Crippen LogP contribution in [-0.4, -0.2) is 67.9 Å². The van der Waals surface area contributed by atoms with Gasteiger partial charge in [-0.25, -0.2) is 0 Å². The second-order valence-electron chi connectivity index (χ2n) is 6.57. The van der Waals surface area contributed by atoms with Crippen LogP contribution in [0.4, 0.5) is 0 Å². The number of carbonyl (C=O) groups is 1. The molecule has 4 atom stereocenters. The predicted octanol–water partition coefficient (Wildman–Crippen LogP) is 0.498. The van der Waals surface area contributed by atoms with Gasteiger partial charge in [0.15, 0.2) is 0 Å². The fourth-order valence-electron chi connectivity index (χ4n) is 3.32. The largest absolute Gasteiger partial charge is 0.373 e. The zero-order valence-corrected chi connectivity index (χ0v) is 13.9. The molecule has 0 aromatic carbocycles.